The van der Waals surface area contributed by atoms with Gasteiger partial charge in [-0.15, -0.1) is 12.4 Å². The third-order valence-electron chi connectivity index (χ3n) is 2.93. The number of para-hydroxylation sites is 1. The van der Waals surface area contributed by atoms with Gasteiger partial charge in [0.05, 0.1) is 17.4 Å². The number of halogens is 1. The van der Waals surface area contributed by atoms with Crippen molar-refractivity contribution in [2.45, 2.75) is 13.0 Å². The molecule has 0 spiro atoms. The Labute approximate surface area is 124 Å². The van der Waals surface area contributed by atoms with Gasteiger partial charge in [0.15, 0.2) is 0 Å². The van der Waals surface area contributed by atoms with Crippen molar-refractivity contribution in [3.05, 3.63) is 48.3 Å². The first-order valence-electron chi connectivity index (χ1n) is 6.26. The molecule has 1 atom stereocenters. The van der Waals surface area contributed by atoms with E-state index in [1.54, 1.807) is 17.1 Å². The van der Waals surface area contributed by atoms with E-state index in [1.807, 2.05) is 44.3 Å². The molecule has 5 nitrogen and oxygen atoms in total. The molecule has 0 aliphatic rings. The number of hydrogen-bond donors (Lipinski definition) is 2. The quantitative estimate of drug-likeness (QED) is 0.881. The molecule has 0 radical (unpaired) electrons. The van der Waals surface area contributed by atoms with Gasteiger partial charge in [0.1, 0.15) is 0 Å². The summed E-state index contributed by atoms with van der Waals surface area (Å²) in [6.07, 6.45) is 3.31. The van der Waals surface area contributed by atoms with E-state index >= 15 is 0 Å². The van der Waals surface area contributed by atoms with Crippen LogP contribution in [-0.2, 0) is 0 Å². The number of carbonyl (C=O) groups is 1. The van der Waals surface area contributed by atoms with Gasteiger partial charge in [-0.05, 0) is 26.1 Å². The summed E-state index contributed by atoms with van der Waals surface area (Å²) in [5.74, 6) is -0.107. The highest BCUT2D eigenvalue weighted by molar-refractivity contribution is 5.93. The number of likely N-dealkylation sites (N-methyl/N-ethyl adjacent to an activating group) is 1. The van der Waals surface area contributed by atoms with Crippen LogP contribution in [0.1, 0.15) is 17.3 Å². The first-order valence-corrected chi connectivity index (χ1v) is 6.26. The number of carbonyl (C=O) groups excluding carboxylic acids is 1. The molecule has 6 heteroatoms. The van der Waals surface area contributed by atoms with Crippen LogP contribution in [0.2, 0.25) is 0 Å². The van der Waals surface area contributed by atoms with Crippen LogP contribution in [0.5, 0.6) is 0 Å². The molecule has 0 aliphatic carbocycles. The summed E-state index contributed by atoms with van der Waals surface area (Å²) in [7, 11) is 1.87. The Bertz CT molecular complexity index is 541. The molecule has 0 saturated carbocycles. The molecular formula is C14H19ClN4O. The van der Waals surface area contributed by atoms with Crippen LogP contribution in [0.15, 0.2) is 42.7 Å². The zero-order chi connectivity index (χ0) is 13.7. The van der Waals surface area contributed by atoms with Gasteiger partial charge in [0.2, 0.25) is 0 Å². The molecule has 20 heavy (non-hydrogen) atoms. The van der Waals surface area contributed by atoms with Gasteiger partial charge < -0.3 is 10.6 Å². The van der Waals surface area contributed by atoms with Gasteiger partial charge in [0, 0.05) is 18.8 Å². The summed E-state index contributed by atoms with van der Waals surface area (Å²) in [6, 6.07) is 9.94. The number of nitrogens with zero attached hydrogens (tertiary/aromatic N) is 2. The average molecular weight is 295 g/mol. The SMILES string of the molecule is CNC(C)CNC(=O)c1cnn(-c2ccccc2)c1.Cl. The minimum atomic E-state index is -0.107. The topological polar surface area (TPSA) is 58.9 Å². The second-order valence-electron chi connectivity index (χ2n) is 4.41. The fourth-order valence-electron chi connectivity index (χ4n) is 1.61. The first-order chi connectivity index (χ1) is 9.20. The average Bonchev–Trinajstić information content (AvgIpc) is 2.95. The fraction of sp³-hybridized carbons (Fsp3) is 0.286. The van der Waals surface area contributed by atoms with Gasteiger partial charge in [-0.3, -0.25) is 4.79 Å². The number of aromatic nitrogens is 2. The molecule has 1 unspecified atom stereocenters. The van der Waals surface area contributed by atoms with E-state index in [-0.39, 0.29) is 24.4 Å². The highest BCUT2D eigenvalue weighted by Gasteiger charge is 2.09. The lowest BCUT2D eigenvalue weighted by Crippen LogP contribution is -2.37. The lowest BCUT2D eigenvalue weighted by atomic mass is 10.3. The van der Waals surface area contributed by atoms with E-state index in [0.717, 1.165) is 5.69 Å². The summed E-state index contributed by atoms with van der Waals surface area (Å²) in [5.41, 5.74) is 1.50. The van der Waals surface area contributed by atoms with Crippen molar-refractivity contribution in [3.63, 3.8) is 0 Å². The summed E-state index contributed by atoms with van der Waals surface area (Å²) in [4.78, 5) is 11.9. The maximum atomic E-state index is 11.9. The lowest BCUT2D eigenvalue weighted by Gasteiger charge is -2.10. The Morgan fingerprint density at radius 3 is 2.70 bits per heavy atom. The Morgan fingerprint density at radius 1 is 1.35 bits per heavy atom. The number of rotatable bonds is 5. The molecule has 1 heterocycles. The van der Waals surface area contributed by atoms with Gasteiger partial charge in [0.25, 0.3) is 5.91 Å². The normalized spacial score (nSPS) is 11.5. The van der Waals surface area contributed by atoms with Crippen LogP contribution in [-0.4, -0.2) is 35.3 Å². The standard InChI is InChI=1S/C14H18N4O.ClH/c1-11(15-2)8-16-14(19)12-9-17-18(10-12)13-6-4-3-5-7-13;/h3-7,9-11,15H,8H2,1-2H3,(H,16,19);1H. The molecule has 1 amide bonds. The Balaban J connectivity index is 0.00000200. The number of benzene rings is 1. The van der Waals surface area contributed by atoms with Crippen molar-refractivity contribution in [1.29, 1.82) is 0 Å². The van der Waals surface area contributed by atoms with E-state index in [0.29, 0.717) is 12.1 Å². The van der Waals surface area contributed by atoms with Crippen LogP contribution < -0.4 is 10.6 Å². The molecule has 0 fully saturated rings. The minimum Gasteiger partial charge on any atom is -0.350 e. The second kappa shape index (κ2) is 7.67. The van der Waals surface area contributed by atoms with Crippen LogP contribution in [0.4, 0.5) is 0 Å². The molecule has 108 valence electrons. The number of amides is 1. The molecule has 1 aromatic heterocycles. The van der Waals surface area contributed by atoms with Crippen molar-refractivity contribution in [3.8, 4) is 5.69 Å². The number of nitrogens with one attached hydrogen (secondary N) is 2. The van der Waals surface area contributed by atoms with E-state index in [4.69, 9.17) is 0 Å². The van der Waals surface area contributed by atoms with Crippen molar-refractivity contribution in [2.24, 2.45) is 0 Å². The zero-order valence-electron chi connectivity index (χ0n) is 11.5. The Kier molecular flexibility index (Phi) is 6.21. The van der Waals surface area contributed by atoms with Crippen LogP contribution in [0.3, 0.4) is 0 Å². The summed E-state index contributed by atoms with van der Waals surface area (Å²) in [6.45, 7) is 2.60. The smallest absolute Gasteiger partial charge is 0.254 e. The first kappa shape index (κ1) is 16.2. The van der Waals surface area contributed by atoms with Gasteiger partial charge in [-0.2, -0.15) is 5.10 Å². The lowest BCUT2D eigenvalue weighted by molar-refractivity contribution is 0.0950. The largest absolute Gasteiger partial charge is 0.350 e. The molecule has 1 aromatic carbocycles. The Morgan fingerprint density at radius 2 is 2.05 bits per heavy atom. The van der Waals surface area contributed by atoms with Crippen LogP contribution in [0.25, 0.3) is 5.69 Å². The third-order valence-corrected chi connectivity index (χ3v) is 2.93. The van der Waals surface area contributed by atoms with Crippen molar-refractivity contribution < 1.29 is 4.79 Å². The highest BCUT2D eigenvalue weighted by atomic mass is 35.5. The van der Waals surface area contributed by atoms with Gasteiger partial charge >= 0.3 is 0 Å². The van der Waals surface area contributed by atoms with E-state index < -0.39 is 0 Å². The summed E-state index contributed by atoms with van der Waals surface area (Å²) in [5, 5.41) is 10.1. The summed E-state index contributed by atoms with van der Waals surface area (Å²) >= 11 is 0. The molecule has 0 saturated heterocycles. The van der Waals surface area contributed by atoms with E-state index in [2.05, 4.69) is 15.7 Å². The van der Waals surface area contributed by atoms with Crippen molar-refractivity contribution >= 4 is 18.3 Å². The second-order valence-corrected chi connectivity index (χ2v) is 4.41. The molecule has 2 aromatic rings. The van der Waals surface area contributed by atoms with Crippen molar-refractivity contribution in [2.75, 3.05) is 13.6 Å². The zero-order valence-corrected chi connectivity index (χ0v) is 12.4. The van der Waals surface area contributed by atoms with Crippen molar-refractivity contribution in [1.82, 2.24) is 20.4 Å². The highest BCUT2D eigenvalue weighted by Crippen LogP contribution is 2.07. The molecule has 2 rings (SSSR count). The maximum absolute atomic E-state index is 11.9. The van der Waals surface area contributed by atoms with E-state index in [9.17, 15) is 4.79 Å². The number of hydrogen-bond acceptors (Lipinski definition) is 3. The summed E-state index contributed by atoms with van der Waals surface area (Å²) < 4.78 is 1.69. The van der Waals surface area contributed by atoms with Gasteiger partial charge in [-0.1, -0.05) is 18.2 Å². The molecule has 2 N–H and O–H groups in total. The molecule has 0 aliphatic heterocycles. The van der Waals surface area contributed by atoms with E-state index in [1.165, 1.54) is 0 Å². The van der Waals surface area contributed by atoms with Crippen LogP contribution in [0, 0.1) is 0 Å². The van der Waals surface area contributed by atoms with Gasteiger partial charge in [-0.25, -0.2) is 4.68 Å². The predicted molar refractivity (Wildman–Crippen MR) is 81.7 cm³/mol. The Hall–Kier alpha value is -1.85. The maximum Gasteiger partial charge on any atom is 0.254 e. The third kappa shape index (κ3) is 4.08. The molecule has 0 bridgehead atoms. The monoisotopic (exact) mass is 294 g/mol. The predicted octanol–water partition coefficient (Wildman–Crippen LogP) is 1.63. The minimum absolute atomic E-state index is 0. The molecular weight excluding hydrogens is 276 g/mol. The van der Waals surface area contributed by atoms with Crippen LogP contribution >= 0.6 is 12.4 Å². The fourth-order valence-corrected chi connectivity index (χ4v) is 1.61.